The van der Waals surface area contributed by atoms with Crippen LogP contribution < -0.4 is 5.73 Å². The summed E-state index contributed by atoms with van der Waals surface area (Å²) >= 11 is 0. The third-order valence-electron chi connectivity index (χ3n) is 4.71. The first-order valence-electron chi connectivity index (χ1n) is 7.33. The third-order valence-corrected chi connectivity index (χ3v) is 4.71. The molecule has 1 aliphatic rings. The lowest BCUT2D eigenvalue weighted by molar-refractivity contribution is 0.0966. The molecule has 1 heterocycles. The van der Waals surface area contributed by atoms with Gasteiger partial charge in [0.25, 0.3) is 0 Å². The first-order valence-corrected chi connectivity index (χ1v) is 7.33. The van der Waals surface area contributed by atoms with E-state index < -0.39 is 0 Å². The highest BCUT2D eigenvalue weighted by atomic mass is 15.3. The molecule has 19 heavy (non-hydrogen) atoms. The summed E-state index contributed by atoms with van der Waals surface area (Å²) in [6, 6.07) is 0.946. The molecule has 1 fully saturated rings. The predicted molar refractivity (Wildman–Crippen MR) is 78.8 cm³/mol. The number of aryl methyl sites for hydroxylation is 1. The molecule has 0 saturated heterocycles. The van der Waals surface area contributed by atoms with Gasteiger partial charge in [0.15, 0.2) is 0 Å². The molecule has 108 valence electrons. The largest absolute Gasteiger partial charge is 0.329 e. The zero-order valence-corrected chi connectivity index (χ0v) is 12.8. The molecule has 2 rings (SSSR count). The van der Waals surface area contributed by atoms with Gasteiger partial charge in [0.05, 0.1) is 12.2 Å². The van der Waals surface area contributed by atoms with Crippen molar-refractivity contribution >= 4 is 0 Å². The van der Waals surface area contributed by atoms with Gasteiger partial charge in [-0.25, -0.2) is 0 Å². The summed E-state index contributed by atoms with van der Waals surface area (Å²) in [6.45, 7) is 5.41. The zero-order valence-electron chi connectivity index (χ0n) is 12.8. The molecule has 2 N–H and O–H groups in total. The van der Waals surface area contributed by atoms with E-state index in [9.17, 15) is 0 Å². The van der Waals surface area contributed by atoms with E-state index in [1.807, 2.05) is 17.9 Å². The Labute approximate surface area is 117 Å². The second-order valence-electron chi connectivity index (χ2n) is 6.76. The van der Waals surface area contributed by atoms with Crippen LogP contribution in [0.2, 0.25) is 0 Å². The van der Waals surface area contributed by atoms with Gasteiger partial charge in [-0.05, 0) is 38.1 Å². The van der Waals surface area contributed by atoms with Gasteiger partial charge in [-0.2, -0.15) is 5.10 Å². The number of hydrogen-bond acceptors (Lipinski definition) is 3. The summed E-state index contributed by atoms with van der Waals surface area (Å²) in [7, 11) is 4.17. The molecule has 0 bridgehead atoms. The van der Waals surface area contributed by atoms with E-state index in [4.69, 9.17) is 5.73 Å². The maximum atomic E-state index is 6.00. The highest BCUT2D eigenvalue weighted by Gasteiger charge is 2.31. The molecular weight excluding hydrogens is 236 g/mol. The van der Waals surface area contributed by atoms with Crippen LogP contribution in [0.5, 0.6) is 0 Å². The number of rotatable bonds is 4. The van der Waals surface area contributed by atoms with Crippen molar-refractivity contribution in [3.8, 4) is 0 Å². The van der Waals surface area contributed by atoms with Crippen molar-refractivity contribution < 1.29 is 0 Å². The number of nitrogens with two attached hydrogens (primary N) is 1. The van der Waals surface area contributed by atoms with Crippen LogP contribution in [0.25, 0.3) is 0 Å². The summed E-state index contributed by atoms with van der Waals surface area (Å²) < 4.78 is 1.86. The van der Waals surface area contributed by atoms with Crippen molar-refractivity contribution in [1.82, 2.24) is 14.7 Å². The van der Waals surface area contributed by atoms with Gasteiger partial charge in [0.1, 0.15) is 0 Å². The number of likely N-dealkylation sites (N-methyl/N-ethyl adjacent to an activating group) is 1. The van der Waals surface area contributed by atoms with Crippen LogP contribution in [0.3, 0.4) is 0 Å². The van der Waals surface area contributed by atoms with Crippen LogP contribution in [0, 0.1) is 5.41 Å². The Hall–Kier alpha value is -0.870. The summed E-state index contributed by atoms with van der Waals surface area (Å²) in [4.78, 5) is 2.46. The Morgan fingerprint density at radius 2 is 2.11 bits per heavy atom. The first-order chi connectivity index (χ1) is 8.93. The normalized spacial score (nSPS) is 21.8. The van der Waals surface area contributed by atoms with E-state index >= 15 is 0 Å². The molecule has 0 radical (unpaired) electrons. The fourth-order valence-corrected chi connectivity index (χ4v) is 3.20. The lowest BCUT2D eigenvalue weighted by Gasteiger charge is -2.41. The topological polar surface area (TPSA) is 47.1 Å². The van der Waals surface area contributed by atoms with Crippen LogP contribution in [0.15, 0.2) is 12.4 Å². The predicted octanol–water partition coefficient (Wildman–Crippen LogP) is 2.32. The Morgan fingerprint density at radius 1 is 1.47 bits per heavy atom. The van der Waals surface area contributed by atoms with Gasteiger partial charge >= 0.3 is 0 Å². The molecule has 1 aromatic rings. The minimum absolute atomic E-state index is 0.292. The SMILES string of the molecule is CN(C1CCC(C)(C)CC1)C(CN)c1cnn(C)c1. The lowest BCUT2D eigenvalue weighted by atomic mass is 9.75. The molecule has 4 nitrogen and oxygen atoms in total. The van der Waals surface area contributed by atoms with E-state index in [-0.39, 0.29) is 0 Å². The fraction of sp³-hybridized carbons (Fsp3) is 0.800. The van der Waals surface area contributed by atoms with E-state index in [0.29, 0.717) is 24.0 Å². The molecule has 0 aromatic carbocycles. The monoisotopic (exact) mass is 264 g/mol. The Bertz CT molecular complexity index is 400. The second-order valence-corrected chi connectivity index (χ2v) is 6.76. The summed E-state index contributed by atoms with van der Waals surface area (Å²) in [5.41, 5.74) is 7.75. The summed E-state index contributed by atoms with van der Waals surface area (Å²) in [5, 5.41) is 4.27. The Balaban J connectivity index is 2.03. The molecule has 1 aromatic heterocycles. The van der Waals surface area contributed by atoms with Gasteiger partial charge in [0, 0.05) is 31.4 Å². The molecule has 1 aliphatic carbocycles. The molecule has 0 spiro atoms. The number of nitrogens with zero attached hydrogens (tertiary/aromatic N) is 3. The molecule has 4 heteroatoms. The van der Waals surface area contributed by atoms with Crippen molar-refractivity contribution in [2.24, 2.45) is 18.2 Å². The maximum absolute atomic E-state index is 6.00. The van der Waals surface area contributed by atoms with Crippen LogP contribution in [-0.2, 0) is 7.05 Å². The average Bonchev–Trinajstić information content (AvgIpc) is 2.76. The molecule has 1 atom stereocenters. The van der Waals surface area contributed by atoms with Gasteiger partial charge in [-0.3, -0.25) is 9.58 Å². The minimum atomic E-state index is 0.292. The van der Waals surface area contributed by atoms with Crippen LogP contribution in [-0.4, -0.2) is 34.3 Å². The van der Waals surface area contributed by atoms with Crippen LogP contribution >= 0.6 is 0 Å². The summed E-state index contributed by atoms with van der Waals surface area (Å²) in [5.74, 6) is 0. The van der Waals surface area contributed by atoms with E-state index in [1.165, 1.54) is 31.2 Å². The Morgan fingerprint density at radius 3 is 2.58 bits per heavy atom. The number of hydrogen-bond donors (Lipinski definition) is 1. The van der Waals surface area contributed by atoms with Crippen LogP contribution in [0.4, 0.5) is 0 Å². The quantitative estimate of drug-likeness (QED) is 0.908. The third kappa shape index (κ3) is 3.37. The molecule has 0 amide bonds. The average molecular weight is 264 g/mol. The smallest absolute Gasteiger partial charge is 0.0538 e. The second kappa shape index (κ2) is 5.63. The van der Waals surface area contributed by atoms with Crippen LogP contribution in [0.1, 0.15) is 51.1 Å². The Kier molecular flexibility index (Phi) is 4.31. The highest BCUT2D eigenvalue weighted by molar-refractivity contribution is 5.11. The standard InChI is InChI=1S/C15H28N4/c1-15(2)7-5-13(6-8-15)19(4)14(9-16)12-10-17-18(3)11-12/h10-11,13-14H,5-9,16H2,1-4H3. The van der Waals surface area contributed by atoms with Gasteiger partial charge in [0.2, 0.25) is 0 Å². The molecule has 0 aliphatic heterocycles. The van der Waals surface area contributed by atoms with Crippen molar-refractivity contribution in [3.63, 3.8) is 0 Å². The molecular formula is C15H28N4. The van der Waals surface area contributed by atoms with Gasteiger partial charge < -0.3 is 5.73 Å². The van der Waals surface area contributed by atoms with Gasteiger partial charge in [-0.1, -0.05) is 13.8 Å². The summed E-state index contributed by atoms with van der Waals surface area (Å²) in [6.07, 6.45) is 9.21. The molecule has 1 saturated carbocycles. The fourth-order valence-electron chi connectivity index (χ4n) is 3.20. The molecule has 1 unspecified atom stereocenters. The minimum Gasteiger partial charge on any atom is -0.329 e. The zero-order chi connectivity index (χ0) is 14.0. The van der Waals surface area contributed by atoms with E-state index in [0.717, 1.165) is 0 Å². The van der Waals surface area contributed by atoms with E-state index in [2.05, 4.69) is 37.1 Å². The van der Waals surface area contributed by atoms with Crippen molar-refractivity contribution in [2.75, 3.05) is 13.6 Å². The lowest BCUT2D eigenvalue weighted by Crippen LogP contribution is -2.41. The maximum Gasteiger partial charge on any atom is 0.0538 e. The van der Waals surface area contributed by atoms with Crippen molar-refractivity contribution in [3.05, 3.63) is 18.0 Å². The van der Waals surface area contributed by atoms with Gasteiger partial charge in [-0.15, -0.1) is 0 Å². The van der Waals surface area contributed by atoms with E-state index in [1.54, 1.807) is 0 Å². The first kappa shape index (κ1) is 14.5. The van der Waals surface area contributed by atoms with Crippen molar-refractivity contribution in [2.45, 2.75) is 51.6 Å². The van der Waals surface area contributed by atoms with Crippen molar-refractivity contribution in [1.29, 1.82) is 0 Å². The number of aromatic nitrogens is 2. The highest BCUT2D eigenvalue weighted by Crippen LogP contribution is 2.38.